The highest BCUT2D eigenvalue weighted by Gasteiger charge is 2.20. The largest absolute Gasteiger partial charge is 0.481 e. The van der Waals surface area contributed by atoms with E-state index in [9.17, 15) is 9.18 Å². The fraction of sp³-hybridized carbons (Fsp3) is 0.118. The molecule has 1 aromatic heterocycles. The van der Waals surface area contributed by atoms with Gasteiger partial charge in [-0.1, -0.05) is 33.2 Å². The van der Waals surface area contributed by atoms with Gasteiger partial charge < -0.3 is 14.4 Å². The van der Waals surface area contributed by atoms with Crippen molar-refractivity contribution in [2.75, 3.05) is 6.61 Å². The summed E-state index contributed by atoms with van der Waals surface area (Å²) in [5, 5.41) is 12.5. The number of carboxylic acids is 1. The molecule has 1 N–H and O–H groups in total. The third kappa shape index (κ3) is 4.03. The number of benzene rings is 2. The van der Waals surface area contributed by atoms with Gasteiger partial charge in [0.25, 0.3) is 5.89 Å². The summed E-state index contributed by atoms with van der Waals surface area (Å²) in [6.07, 6.45) is 1.68. The molecule has 0 saturated carbocycles. The maximum absolute atomic E-state index is 13.1. The van der Waals surface area contributed by atoms with Gasteiger partial charge in [0, 0.05) is 4.47 Å². The van der Waals surface area contributed by atoms with Crippen LogP contribution in [0.1, 0.15) is 11.1 Å². The minimum atomic E-state index is -1.10. The first-order chi connectivity index (χ1) is 12.0. The minimum absolute atomic E-state index is 0.207. The molecule has 0 aliphatic carbocycles. The summed E-state index contributed by atoms with van der Waals surface area (Å²) in [5.41, 5.74) is 2.12. The third-order valence-electron chi connectivity index (χ3n) is 3.44. The number of aromatic nitrogens is 2. The Morgan fingerprint density at radius 2 is 2.00 bits per heavy atom. The van der Waals surface area contributed by atoms with Crippen molar-refractivity contribution in [1.82, 2.24) is 10.1 Å². The zero-order valence-electron chi connectivity index (χ0n) is 12.8. The van der Waals surface area contributed by atoms with Crippen LogP contribution in [-0.2, 0) is 11.2 Å². The first kappa shape index (κ1) is 17.1. The standard InChI is InChI=1S/C17H12BrFN2O4/c18-13-5-6-14(24-8-15(22)23)16(17-20-9-21-25-17)12(13)7-10-1-3-11(19)4-2-10/h1-6,9H,7-8H2,(H,22,23). The number of hydrogen-bond donors (Lipinski definition) is 1. The zero-order valence-corrected chi connectivity index (χ0v) is 14.4. The quantitative estimate of drug-likeness (QED) is 0.671. The Balaban J connectivity index is 2.07. The lowest BCUT2D eigenvalue weighted by atomic mass is 9.98. The number of rotatable bonds is 6. The first-order valence-corrected chi connectivity index (χ1v) is 8.01. The van der Waals surface area contributed by atoms with Gasteiger partial charge in [-0.05, 0) is 41.8 Å². The van der Waals surface area contributed by atoms with E-state index in [0.29, 0.717) is 17.7 Å². The van der Waals surface area contributed by atoms with Crippen LogP contribution in [-0.4, -0.2) is 27.8 Å². The predicted molar refractivity (Wildman–Crippen MR) is 89.8 cm³/mol. The normalized spacial score (nSPS) is 10.6. The maximum Gasteiger partial charge on any atom is 0.341 e. The van der Waals surface area contributed by atoms with Crippen molar-refractivity contribution >= 4 is 21.9 Å². The highest BCUT2D eigenvalue weighted by atomic mass is 79.9. The van der Waals surface area contributed by atoms with E-state index in [1.807, 2.05) is 0 Å². The molecule has 0 aliphatic rings. The Morgan fingerprint density at radius 1 is 1.24 bits per heavy atom. The molecule has 1 heterocycles. The highest BCUT2D eigenvalue weighted by Crippen LogP contribution is 2.38. The fourth-order valence-corrected chi connectivity index (χ4v) is 2.83. The predicted octanol–water partition coefficient (Wildman–Crippen LogP) is 3.69. The molecule has 0 radical (unpaired) electrons. The van der Waals surface area contributed by atoms with E-state index < -0.39 is 12.6 Å². The SMILES string of the molecule is O=C(O)COc1ccc(Br)c(Cc2ccc(F)cc2)c1-c1ncno1. The Morgan fingerprint density at radius 3 is 2.64 bits per heavy atom. The van der Waals surface area contributed by atoms with Crippen LogP contribution in [0.4, 0.5) is 4.39 Å². The molecular formula is C17H12BrFN2O4. The van der Waals surface area contributed by atoms with Gasteiger partial charge in [0.05, 0.1) is 5.56 Å². The number of halogens is 2. The van der Waals surface area contributed by atoms with E-state index in [0.717, 1.165) is 15.6 Å². The minimum Gasteiger partial charge on any atom is -0.481 e. The van der Waals surface area contributed by atoms with Gasteiger partial charge in [-0.3, -0.25) is 0 Å². The first-order valence-electron chi connectivity index (χ1n) is 7.22. The number of carbonyl (C=O) groups is 1. The molecule has 0 fully saturated rings. The monoisotopic (exact) mass is 406 g/mol. The van der Waals surface area contributed by atoms with E-state index in [4.69, 9.17) is 14.4 Å². The average Bonchev–Trinajstić information content (AvgIpc) is 3.11. The Labute approximate surface area is 150 Å². The van der Waals surface area contributed by atoms with Gasteiger partial charge in [-0.2, -0.15) is 4.98 Å². The average molecular weight is 407 g/mol. The second-order valence-electron chi connectivity index (χ2n) is 5.13. The van der Waals surface area contributed by atoms with Crippen molar-refractivity contribution in [3.63, 3.8) is 0 Å². The molecule has 25 heavy (non-hydrogen) atoms. The molecule has 8 heteroatoms. The number of carboxylic acid groups (broad SMARTS) is 1. The molecule has 0 amide bonds. The van der Waals surface area contributed by atoms with Crippen molar-refractivity contribution in [2.24, 2.45) is 0 Å². The molecule has 0 unspecified atom stereocenters. The van der Waals surface area contributed by atoms with Crippen LogP contribution in [0.15, 0.2) is 51.7 Å². The van der Waals surface area contributed by atoms with Gasteiger partial charge in [0.1, 0.15) is 11.6 Å². The van der Waals surface area contributed by atoms with E-state index >= 15 is 0 Å². The van der Waals surface area contributed by atoms with Crippen molar-refractivity contribution in [1.29, 1.82) is 0 Å². The van der Waals surface area contributed by atoms with Crippen molar-refractivity contribution < 1.29 is 23.6 Å². The van der Waals surface area contributed by atoms with Crippen molar-refractivity contribution in [2.45, 2.75) is 6.42 Å². The van der Waals surface area contributed by atoms with Gasteiger partial charge in [-0.15, -0.1) is 0 Å². The van der Waals surface area contributed by atoms with Crippen LogP contribution < -0.4 is 4.74 Å². The molecule has 2 aromatic carbocycles. The fourth-order valence-electron chi connectivity index (χ4n) is 2.36. The Bertz CT molecular complexity index is 882. The van der Waals surface area contributed by atoms with Crippen molar-refractivity contribution in [3.05, 3.63) is 64.1 Å². The van der Waals surface area contributed by atoms with Crippen LogP contribution in [0.25, 0.3) is 11.5 Å². The summed E-state index contributed by atoms with van der Waals surface area (Å²) >= 11 is 3.48. The van der Waals surface area contributed by atoms with E-state index in [1.54, 1.807) is 24.3 Å². The Hall–Kier alpha value is -2.74. The van der Waals surface area contributed by atoms with Crippen LogP contribution in [0.3, 0.4) is 0 Å². The van der Waals surface area contributed by atoms with Gasteiger partial charge in [0.15, 0.2) is 12.9 Å². The summed E-state index contributed by atoms with van der Waals surface area (Å²) in [7, 11) is 0. The second-order valence-corrected chi connectivity index (χ2v) is 5.99. The van der Waals surface area contributed by atoms with E-state index in [2.05, 4.69) is 26.1 Å². The van der Waals surface area contributed by atoms with Gasteiger partial charge in [0.2, 0.25) is 0 Å². The smallest absolute Gasteiger partial charge is 0.341 e. The lowest BCUT2D eigenvalue weighted by Gasteiger charge is -2.14. The topological polar surface area (TPSA) is 85.5 Å². The lowest BCUT2D eigenvalue weighted by molar-refractivity contribution is -0.139. The molecule has 0 saturated heterocycles. The zero-order chi connectivity index (χ0) is 17.8. The van der Waals surface area contributed by atoms with Gasteiger partial charge >= 0.3 is 5.97 Å². The number of hydrogen-bond acceptors (Lipinski definition) is 5. The lowest BCUT2D eigenvalue weighted by Crippen LogP contribution is -2.10. The van der Waals surface area contributed by atoms with Crippen LogP contribution in [0.2, 0.25) is 0 Å². The van der Waals surface area contributed by atoms with Crippen LogP contribution >= 0.6 is 15.9 Å². The molecule has 0 bridgehead atoms. The summed E-state index contributed by atoms with van der Waals surface area (Å²) in [5.74, 6) is -0.899. The molecule has 128 valence electrons. The Kier molecular flexibility index (Phi) is 5.08. The third-order valence-corrected chi connectivity index (χ3v) is 4.18. The molecular weight excluding hydrogens is 395 g/mol. The summed E-state index contributed by atoms with van der Waals surface area (Å²) in [6, 6.07) is 9.46. The number of ether oxygens (including phenoxy) is 1. The van der Waals surface area contributed by atoms with Gasteiger partial charge in [-0.25, -0.2) is 9.18 Å². The highest BCUT2D eigenvalue weighted by molar-refractivity contribution is 9.10. The number of aliphatic carboxylic acids is 1. The van der Waals surface area contributed by atoms with Crippen molar-refractivity contribution in [3.8, 4) is 17.2 Å². The van der Waals surface area contributed by atoms with Crippen LogP contribution in [0, 0.1) is 5.82 Å². The molecule has 0 spiro atoms. The molecule has 3 rings (SSSR count). The molecule has 0 atom stereocenters. The van der Waals surface area contributed by atoms with E-state index in [1.165, 1.54) is 18.5 Å². The van der Waals surface area contributed by atoms with E-state index in [-0.39, 0.29) is 11.7 Å². The summed E-state index contributed by atoms with van der Waals surface area (Å²) in [4.78, 5) is 14.9. The van der Waals surface area contributed by atoms with Crippen LogP contribution in [0.5, 0.6) is 5.75 Å². The number of nitrogens with zero attached hydrogens (tertiary/aromatic N) is 2. The second kappa shape index (κ2) is 7.43. The molecule has 6 nitrogen and oxygen atoms in total. The molecule has 0 aliphatic heterocycles. The summed E-state index contributed by atoms with van der Waals surface area (Å²) < 4.78 is 24.4. The maximum atomic E-state index is 13.1. The summed E-state index contributed by atoms with van der Waals surface area (Å²) in [6.45, 7) is -0.501. The molecule has 3 aromatic rings.